The highest BCUT2D eigenvalue weighted by Gasteiger charge is 2.37. The Bertz CT molecular complexity index is 804. The quantitative estimate of drug-likeness (QED) is 0.820. The van der Waals surface area contributed by atoms with Gasteiger partial charge in [-0.25, -0.2) is 0 Å². The summed E-state index contributed by atoms with van der Waals surface area (Å²) in [5.74, 6) is 0.229. The van der Waals surface area contributed by atoms with E-state index in [1.807, 2.05) is 27.8 Å². The summed E-state index contributed by atoms with van der Waals surface area (Å²) in [5.41, 5.74) is 10.8. The maximum Gasteiger partial charge on any atom is 0.244 e. The second-order valence-corrected chi connectivity index (χ2v) is 5.20. The standard InChI is InChI=1S/C14H16N6O/c1-6-11-12(10-7(2)19-20(4)8(10)3)9(5-15)13(16)21-14(11)18-17-6/h12H,16H2,1-4H3,(H,17,18). The van der Waals surface area contributed by atoms with Gasteiger partial charge in [0.25, 0.3) is 0 Å². The Labute approximate surface area is 122 Å². The van der Waals surface area contributed by atoms with E-state index in [2.05, 4.69) is 21.4 Å². The molecule has 0 aromatic carbocycles. The number of nitrogens with two attached hydrogens (primary N) is 1. The summed E-state index contributed by atoms with van der Waals surface area (Å²) in [6, 6.07) is 2.17. The van der Waals surface area contributed by atoms with Crippen molar-refractivity contribution < 1.29 is 4.74 Å². The number of ether oxygens (including phenoxy) is 1. The van der Waals surface area contributed by atoms with Crippen molar-refractivity contribution in [1.29, 1.82) is 5.26 Å². The molecule has 0 amide bonds. The normalized spacial score (nSPS) is 17.4. The SMILES string of the molecule is Cc1nn(C)c(C)c1C1C(C#N)=C(N)Oc2n[nH]c(C)c21. The van der Waals surface area contributed by atoms with Crippen LogP contribution in [-0.4, -0.2) is 20.0 Å². The van der Waals surface area contributed by atoms with Crippen molar-refractivity contribution in [3.8, 4) is 11.9 Å². The highest BCUT2D eigenvalue weighted by atomic mass is 16.5. The van der Waals surface area contributed by atoms with Gasteiger partial charge in [-0.05, 0) is 20.8 Å². The van der Waals surface area contributed by atoms with Crippen molar-refractivity contribution in [2.24, 2.45) is 12.8 Å². The lowest BCUT2D eigenvalue weighted by molar-refractivity contribution is 0.378. The Morgan fingerprint density at radius 3 is 2.62 bits per heavy atom. The van der Waals surface area contributed by atoms with E-state index in [0.29, 0.717) is 11.5 Å². The van der Waals surface area contributed by atoms with E-state index in [0.717, 1.165) is 28.2 Å². The fourth-order valence-corrected chi connectivity index (χ4v) is 2.90. The summed E-state index contributed by atoms with van der Waals surface area (Å²) in [6.45, 7) is 5.81. The third-order valence-corrected chi connectivity index (χ3v) is 3.98. The molecule has 0 saturated carbocycles. The zero-order chi connectivity index (χ0) is 15.3. The molecule has 7 nitrogen and oxygen atoms in total. The minimum absolute atomic E-state index is 0.101. The van der Waals surface area contributed by atoms with Gasteiger partial charge in [-0.1, -0.05) is 0 Å². The number of rotatable bonds is 1. The predicted molar refractivity (Wildman–Crippen MR) is 75.3 cm³/mol. The van der Waals surface area contributed by atoms with Gasteiger partial charge in [0.1, 0.15) is 11.6 Å². The second-order valence-electron chi connectivity index (χ2n) is 5.20. The second kappa shape index (κ2) is 4.38. The highest BCUT2D eigenvalue weighted by molar-refractivity contribution is 5.56. The van der Waals surface area contributed by atoms with Crippen LogP contribution in [0.25, 0.3) is 0 Å². The molecule has 1 aliphatic rings. The smallest absolute Gasteiger partial charge is 0.244 e. The van der Waals surface area contributed by atoms with Gasteiger partial charge in [0.15, 0.2) is 0 Å². The summed E-state index contributed by atoms with van der Waals surface area (Å²) < 4.78 is 7.27. The molecule has 3 rings (SSSR count). The Morgan fingerprint density at radius 1 is 1.33 bits per heavy atom. The Balaban J connectivity index is 2.33. The highest BCUT2D eigenvalue weighted by Crippen LogP contribution is 2.44. The number of aromatic amines is 1. The fraction of sp³-hybridized carbons (Fsp3) is 0.357. The third-order valence-electron chi connectivity index (χ3n) is 3.98. The van der Waals surface area contributed by atoms with Crippen LogP contribution >= 0.6 is 0 Å². The zero-order valence-corrected chi connectivity index (χ0v) is 12.4. The number of H-pyrrole nitrogens is 1. The van der Waals surface area contributed by atoms with Gasteiger partial charge in [0, 0.05) is 29.6 Å². The van der Waals surface area contributed by atoms with Crippen molar-refractivity contribution in [3.63, 3.8) is 0 Å². The maximum absolute atomic E-state index is 9.51. The van der Waals surface area contributed by atoms with Gasteiger partial charge in [0.05, 0.1) is 11.6 Å². The molecular weight excluding hydrogens is 268 g/mol. The van der Waals surface area contributed by atoms with E-state index in [1.54, 1.807) is 4.68 Å². The lowest BCUT2D eigenvalue weighted by Gasteiger charge is -2.23. The number of aryl methyl sites for hydroxylation is 3. The molecule has 1 aliphatic heterocycles. The average Bonchev–Trinajstić information content (AvgIpc) is 2.90. The van der Waals surface area contributed by atoms with E-state index in [4.69, 9.17) is 10.5 Å². The number of allylic oxidation sites excluding steroid dienone is 1. The first-order chi connectivity index (χ1) is 9.95. The van der Waals surface area contributed by atoms with E-state index in [-0.39, 0.29) is 11.8 Å². The minimum Gasteiger partial charge on any atom is -0.420 e. The molecule has 2 aromatic heterocycles. The monoisotopic (exact) mass is 284 g/mol. The number of nitrogens with zero attached hydrogens (tertiary/aromatic N) is 4. The van der Waals surface area contributed by atoms with Crippen LogP contribution in [0.1, 0.15) is 34.1 Å². The van der Waals surface area contributed by atoms with Crippen LogP contribution in [0, 0.1) is 32.1 Å². The van der Waals surface area contributed by atoms with Crippen molar-refractivity contribution in [3.05, 3.63) is 39.7 Å². The van der Waals surface area contributed by atoms with Gasteiger partial charge in [0.2, 0.25) is 11.8 Å². The number of hydrogen-bond donors (Lipinski definition) is 2. The summed E-state index contributed by atoms with van der Waals surface area (Å²) >= 11 is 0. The molecule has 108 valence electrons. The van der Waals surface area contributed by atoms with Crippen molar-refractivity contribution in [1.82, 2.24) is 20.0 Å². The van der Waals surface area contributed by atoms with Gasteiger partial charge in [-0.3, -0.25) is 9.78 Å². The Kier molecular flexibility index (Phi) is 2.76. The Morgan fingerprint density at radius 2 is 2.05 bits per heavy atom. The van der Waals surface area contributed by atoms with E-state index in [1.165, 1.54) is 0 Å². The fourth-order valence-electron chi connectivity index (χ4n) is 2.90. The van der Waals surface area contributed by atoms with E-state index >= 15 is 0 Å². The van der Waals surface area contributed by atoms with Gasteiger partial charge in [-0.2, -0.15) is 10.4 Å². The topological polar surface area (TPSA) is 106 Å². The van der Waals surface area contributed by atoms with Crippen molar-refractivity contribution in [2.45, 2.75) is 26.7 Å². The first-order valence-corrected chi connectivity index (χ1v) is 6.58. The molecule has 0 radical (unpaired) electrons. The van der Waals surface area contributed by atoms with Gasteiger partial charge >= 0.3 is 0 Å². The number of aromatic nitrogens is 4. The lowest BCUT2D eigenvalue weighted by Crippen LogP contribution is -2.21. The third kappa shape index (κ3) is 1.72. The van der Waals surface area contributed by atoms with Crippen LogP contribution in [0.15, 0.2) is 11.5 Å². The molecular formula is C14H16N6O. The zero-order valence-electron chi connectivity index (χ0n) is 12.4. The van der Waals surface area contributed by atoms with Crippen LogP contribution in [0.2, 0.25) is 0 Å². The molecule has 0 aliphatic carbocycles. The molecule has 3 heterocycles. The number of nitrogens with one attached hydrogen (secondary N) is 1. The predicted octanol–water partition coefficient (Wildman–Crippen LogP) is 1.29. The molecule has 7 heteroatoms. The molecule has 21 heavy (non-hydrogen) atoms. The van der Waals surface area contributed by atoms with Crippen LogP contribution in [0.3, 0.4) is 0 Å². The summed E-state index contributed by atoms with van der Waals surface area (Å²) in [6.07, 6.45) is 0. The van der Waals surface area contributed by atoms with Crippen molar-refractivity contribution in [2.75, 3.05) is 0 Å². The Hall–Kier alpha value is -2.75. The molecule has 3 N–H and O–H groups in total. The first kappa shape index (κ1) is 13.2. The average molecular weight is 284 g/mol. The van der Waals surface area contributed by atoms with Crippen LogP contribution in [-0.2, 0) is 7.05 Å². The molecule has 2 aromatic rings. The number of nitriles is 1. The van der Waals surface area contributed by atoms with E-state index < -0.39 is 0 Å². The number of hydrogen-bond acceptors (Lipinski definition) is 5. The summed E-state index contributed by atoms with van der Waals surface area (Å²) in [4.78, 5) is 0. The molecule has 0 saturated heterocycles. The van der Waals surface area contributed by atoms with Gasteiger partial charge in [-0.15, -0.1) is 5.10 Å². The van der Waals surface area contributed by atoms with Gasteiger partial charge < -0.3 is 10.5 Å². The minimum atomic E-state index is -0.300. The molecule has 1 atom stereocenters. The summed E-state index contributed by atoms with van der Waals surface area (Å²) in [7, 11) is 1.88. The summed E-state index contributed by atoms with van der Waals surface area (Å²) in [5, 5.41) is 21.0. The number of fused-ring (bicyclic) bond motifs is 1. The lowest BCUT2D eigenvalue weighted by atomic mass is 9.83. The van der Waals surface area contributed by atoms with Crippen molar-refractivity contribution >= 4 is 0 Å². The molecule has 0 spiro atoms. The molecule has 0 bridgehead atoms. The van der Waals surface area contributed by atoms with Crippen LogP contribution in [0.5, 0.6) is 5.88 Å². The maximum atomic E-state index is 9.51. The molecule has 0 fully saturated rings. The largest absolute Gasteiger partial charge is 0.420 e. The van der Waals surface area contributed by atoms with Crippen LogP contribution < -0.4 is 10.5 Å². The van der Waals surface area contributed by atoms with E-state index in [9.17, 15) is 5.26 Å². The van der Waals surface area contributed by atoms with Crippen LogP contribution in [0.4, 0.5) is 0 Å². The first-order valence-electron chi connectivity index (χ1n) is 6.58. The molecule has 1 unspecified atom stereocenters.